The smallest absolute Gasteiger partial charge is 0.150 e. The minimum absolute atomic E-state index is 0.206. The van der Waals surface area contributed by atoms with E-state index in [1.165, 1.54) is 11.9 Å². The van der Waals surface area contributed by atoms with Gasteiger partial charge in [0.2, 0.25) is 0 Å². The number of nitrogen functional groups attached to an aromatic ring is 1. The molecule has 122 valence electrons. The van der Waals surface area contributed by atoms with Gasteiger partial charge in [-0.25, -0.2) is 9.97 Å². The van der Waals surface area contributed by atoms with Crippen molar-refractivity contribution in [2.75, 3.05) is 24.1 Å². The number of hydrogen-bond donors (Lipinski definition) is 3. The number of aliphatic hydroxyl groups is 1. The van der Waals surface area contributed by atoms with Crippen molar-refractivity contribution >= 4 is 23.2 Å². The van der Waals surface area contributed by atoms with Crippen LogP contribution < -0.4 is 11.1 Å². The van der Waals surface area contributed by atoms with Crippen LogP contribution in [0.15, 0.2) is 36.7 Å². The van der Waals surface area contributed by atoms with Crippen LogP contribution in [0.4, 0.5) is 11.6 Å². The highest BCUT2D eigenvalue weighted by Crippen LogP contribution is 2.25. The summed E-state index contributed by atoms with van der Waals surface area (Å²) in [5.74, 6) is 0.789. The third-order valence-electron chi connectivity index (χ3n) is 4.06. The quantitative estimate of drug-likeness (QED) is 0.773. The van der Waals surface area contributed by atoms with Crippen LogP contribution in [0.25, 0.3) is 0 Å². The summed E-state index contributed by atoms with van der Waals surface area (Å²) in [6.07, 6.45) is 1.80. The fourth-order valence-electron chi connectivity index (χ4n) is 2.90. The van der Waals surface area contributed by atoms with E-state index >= 15 is 0 Å². The molecular weight excluding hydrogens is 314 g/mol. The van der Waals surface area contributed by atoms with Gasteiger partial charge in [0.1, 0.15) is 17.2 Å². The minimum atomic E-state index is -0.309. The van der Waals surface area contributed by atoms with Crippen LogP contribution in [0.1, 0.15) is 12.0 Å². The number of rotatable bonds is 5. The maximum absolute atomic E-state index is 10.0. The molecule has 3 rings (SSSR count). The Morgan fingerprint density at radius 2 is 2.09 bits per heavy atom. The standard InChI is InChI=1S/C16H20ClN5O/c17-14-15(18)20-10-21-16(14)19-7-12-6-13(23)9-22(12)8-11-4-2-1-3-5-11/h1-5,10,12-13,23H,6-9H2,(H3,18,19,20,21)/t12-,13-/m0/s1. The first-order valence-corrected chi connectivity index (χ1v) is 7.97. The second-order valence-corrected chi connectivity index (χ2v) is 6.14. The van der Waals surface area contributed by atoms with Crippen molar-refractivity contribution in [1.29, 1.82) is 0 Å². The van der Waals surface area contributed by atoms with E-state index in [0.29, 0.717) is 23.9 Å². The highest BCUT2D eigenvalue weighted by atomic mass is 35.5. The summed E-state index contributed by atoms with van der Waals surface area (Å²) in [5, 5.41) is 13.6. The SMILES string of the molecule is Nc1ncnc(NC[C@@H]2C[C@H](O)CN2Cc2ccccc2)c1Cl. The second kappa shape index (κ2) is 7.12. The molecule has 1 fully saturated rings. The molecule has 0 unspecified atom stereocenters. The first kappa shape index (κ1) is 16.0. The summed E-state index contributed by atoms with van der Waals surface area (Å²) in [7, 11) is 0. The molecule has 7 heteroatoms. The van der Waals surface area contributed by atoms with Crippen molar-refractivity contribution in [2.24, 2.45) is 0 Å². The van der Waals surface area contributed by atoms with Crippen LogP contribution >= 0.6 is 11.6 Å². The van der Waals surface area contributed by atoms with Gasteiger partial charge in [0.25, 0.3) is 0 Å². The van der Waals surface area contributed by atoms with Crippen molar-refractivity contribution in [3.8, 4) is 0 Å². The summed E-state index contributed by atoms with van der Waals surface area (Å²) in [5.41, 5.74) is 6.91. The third-order valence-corrected chi connectivity index (χ3v) is 4.43. The van der Waals surface area contributed by atoms with Crippen LogP contribution in [-0.4, -0.2) is 45.2 Å². The summed E-state index contributed by atoms with van der Waals surface area (Å²) >= 11 is 6.10. The lowest BCUT2D eigenvalue weighted by Gasteiger charge is -2.24. The normalized spacial score (nSPS) is 21.5. The molecule has 1 aliphatic rings. The number of nitrogens with two attached hydrogens (primary N) is 1. The van der Waals surface area contributed by atoms with Crippen LogP contribution in [0.3, 0.4) is 0 Å². The molecule has 1 aliphatic heterocycles. The van der Waals surface area contributed by atoms with Gasteiger partial charge >= 0.3 is 0 Å². The number of hydrogen-bond acceptors (Lipinski definition) is 6. The Balaban J connectivity index is 1.64. The lowest BCUT2D eigenvalue weighted by Crippen LogP contribution is -2.34. The molecule has 0 radical (unpaired) electrons. The lowest BCUT2D eigenvalue weighted by atomic mass is 10.1. The van der Waals surface area contributed by atoms with E-state index in [2.05, 4.69) is 32.3 Å². The van der Waals surface area contributed by atoms with Gasteiger partial charge in [0.15, 0.2) is 5.82 Å². The van der Waals surface area contributed by atoms with E-state index in [4.69, 9.17) is 17.3 Å². The molecule has 1 saturated heterocycles. The number of nitrogens with one attached hydrogen (secondary N) is 1. The van der Waals surface area contributed by atoms with Gasteiger partial charge in [-0.15, -0.1) is 0 Å². The summed E-state index contributed by atoms with van der Waals surface area (Å²) in [6, 6.07) is 10.5. The molecule has 0 spiro atoms. The summed E-state index contributed by atoms with van der Waals surface area (Å²) < 4.78 is 0. The number of benzene rings is 1. The number of aliphatic hydroxyl groups excluding tert-OH is 1. The Bertz CT molecular complexity index is 654. The average molecular weight is 334 g/mol. The first-order chi connectivity index (χ1) is 11.1. The van der Waals surface area contributed by atoms with E-state index < -0.39 is 0 Å². The van der Waals surface area contributed by atoms with E-state index in [-0.39, 0.29) is 18.0 Å². The van der Waals surface area contributed by atoms with Crippen LogP contribution in [0, 0.1) is 0 Å². The Morgan fingerprint density at radius 1 is 1.30 bits per heavy atom. The van der Waals surface area contributed by atoms with Crippen molar-refractivity contribution in [3.05, 3.63) is 47.2 Å². The zero-order valence-corrected chi connectivity index (χ0v) is 13.4. The molecule has 1 aromatic heterocycles. The number of halogens is 1. The van der Waals surface area contributed by atoms with Crippen molar-refractivity contribution in [1.82, 2.24) is 14.9 Å². The number of anilines is 2. The van der Waals surface area contributed by atoms with E-state index in [9.17, 15) is 5.11 Å². The van der Waals surface area contributed by atoms with Crippen molar-refractivity contribution in [2.45, 2.75) is 25.1 Å². The second-order valence-electron chi connectivity index (χ2n) is 5.76. The molecular formula is C16H20ClN5O. The summed E-state index contributed by atoms with van der Waals surface area (Å²) in [6.45, 7) is 2.12. The lowest BCUT2D eigenvalue weighted by molar-refractivity contribution is 0.173. The average Bonchev–Trinajstić information content (AvgIpc) is 2.89. The Morgan fingerprint density at radius 3 is 2.87 bits per heavy atom. The Hall–Kier alpha value is -1.89. The fourth-order valence-corrected chi connectivity index (χ4v) is 3.07. The maximum atomic E-state index is 10.0. The molecule has 2 atom stereocenters. The molecule has 0 amide bonds. The molecule has 0 saturated carbocycles. The Labute approximate surface area is 140 Å². The largest absolute Gasteiger partial charge is 0.392 e. The van der Waals surface area contributed by atoms with Crippen LogP contribution in [-0.2, 0) is 6.54 Å². The zero-order chi connectivity index (χ0) is 16.2. The number of likely N-dealkylation sites (tertiary alicyclic amines) is 1. The van der Waals surface area contributed by atoms with Gasteiger partial charge in [-0.1, -0.05) is 41.9 Å². The molecule has 2 aromatic rings. The van der Waals surface area contributed by atoms with Gasteiger partial charge < -0.3 is 16.2 Å². The van der Waals surface area contributed by atoms with Gasteiger partial charge in [0, 0.05) is 25.7 Å². The molecule has 6 nitrogen and oxygen atoms in total. The van der Waals surface area contributed by atoms with Crippen LogP contribution in [0.2, 0.25) is 5.02 Å². The Kier molecular flexibility index (Phi) is 4.95. The van der Waals surface area contributed by atoms with Gasteiger partial charge in [0.05, 0.1) is 6.10 Å². The third kappa shape index (κ3) is 3.90. The highest BCUT2D eigenvalue weighted by molar-refractivity contribution is 6.35. The molecule has 2 heterocycles. The predicted octanol–water partition coefficient (Wildman–Crippen LogP) is 1.76. The molecule has 4 N–H and O–H groups in total. The molecule has 1 aromatic carbocycles. The zero-order valence-electron chi connectivity index (χ0n) is 12.7. The van der Waals surface area contributed by atoms with Gasteiger partial charge in [-0.05, 0) is 12.0 Å². The predicted molar refractivity (Wildman–Crippen MR) is 91.2 cm³/mol. The van der Waals surface area contributed by atoms with Crippen molar-refractivity contribution < 1.29 is 5.11 Å². The first-order valence-electron chi connectivity index (χ1n) is 7.59. The molecule has 23 heavy (non-hydrogen) atoms. The monoisotopic (exact) mass is 333 g/mol. The minimum Gasteiger partial charge on any atom is -0.392 e. The maximum Gasteiger partial charge on any atom is 0.150 e. The van der Waals surface area contributed by atoms with Gasteiger partial charge in [-0.3, -0.25) is 4.90 Å². The van der Waals surface area contributed by atoms with Crippen molar-refractivity contribution in [3.63, 3.8) is 0 Å². The van der Waals surface area contributed by atoms with E-state index in [0.717, 1.165) is 13.0 Å². The topological polar surface area (TPSA) is 87.3 Å². The summed E-state index contributed by atoms with van der Waals surface area (Å²) in [4.78, 5) is 10.2. The molecule has 0 aliphatic carbocycles. The number of aromatic nitrogens is 2. The van der Waals surface area contributed by atoms with E-state index in [1.807, 2.05) is 18.2 Å². The number of β-amino-alcohol motifs (C(OH)–C–C–N with tert-alkyl or cyclic N) is 1. The fraction of sp³-hybridized carbons (Fsp3) is 0.375. The van der Waals surface area contributed by atoms with Gasteiger partial charge in [-0.2, -0.15) is 0 Å². The molecule has 0 bridgehead atoms. The van der Waals surface area contributed by atoms with E-state index in [1.54, 1.807) is 0 Å². The van der Waals surface area contributed by atoms with Crippen LogP contribution in [0.5, 0.6) is 0 Å². The highest BCUT2D eigenvalue weighted by Gasteiger charge is 2.30. The number of nitrogens with zero attached hydrogens (tertiary/aromatic N) is 3.